The summed E-state index contributed by atoms with van der Waals surface area (Å²) in [6.07, 6.45) is 5.52. The first-order valence-electron chi connectivity index (χ1n) is 8.23. The Balaban J connectivity index is 1.70. The first-order valence-corrected chi connectivity index (χ1v) is 9.28. The summed E-state index contributed by atoms with van der Waals surface area (Å²) < 4.78 is 5.53. The van der Waals surface area contributed by atoms with Gasteiger partial charge in [-0.25, -0.2) is 0 Å². The molecule has 0 saturated heterocycles. The number of carbonyl (C=O) groups excluding carboxylic acids is 2. The minimum atomic E-state index is -0.319. The Hall–Kier alpha value is -1.49. The molecule has 1 fully saturated rings. The summed E-state index contributed by atoms with van der Waals surface area (Å²) in [6.45, 7) is 3.80. The van der Waals surface area contributed by atoms with Crippen LogP contribution in [0.1, 0.15) is 44.6 Å². The Morgan fingerprint density at radius 3 is 2.52 bits per heavy atom. The summed E-state index contributed by atoms with van der Waals surface area (Å²) in [6, 6.07) is 7.65. The number of amides is 1. The molecule has 0 bridgehead atoms. The van der Waals surface area contributed by atoms with E-state index in [1.807, 2.05) is 31.2 Å². The molecule has 1 aliphatic rings. The lowest BCUT2D eigenvalue weighted by Crippen LogP contribution is -2.27. The van der Waals surface area contributed by atoms with E-state index in [9.17, 15) is 9.59 Å². The summed E-state index contributed by atoms with van der Waals surface area (Å²) >= 11 is 1.32. The van der Waals surface area contributed by atoms with E-state index in [0.717, 1.165) is 36.9 Å². The van der Waals surface area contributed by atoms with E-state index >= 15 is 0 Å². The van der Waals surface area contributed by atoms with Crippen molar-refractivity contribution >= 4 is 29.3 Å². The third kappa shape index (κ3) is 6.26. The molecular formula is C18H25NO3S. The Bertz CT molecular complexity index is 524. The Kier molecular flexibility index (Phi) is 6.96. The quantitative estimate of drug-likeness (QED) is 0.800. The molecule has 0 aliphatic heterocycles. The van der Waals surface area contributed by atoms with E-state index in [1.165, 1.54) is 18.2 Å². The topological polar surface area (TPSA) is 55.4 Å². The largest absolute Gasteiger partial charge is 0.462 e. The predicted molar refractivity (Wildman–Crippen MR) is 94.7 cm³/mol. The molecule has 126 valence electrons. The molecule has 23 heavy (non-hydrogen) atoms. The normalized spacial score (nSPS) is 16.6. The number of hydrogen-bond donors (Lipinski definition) is 1. The van der Waals surface area contributed by atoms with Crippen molar-refractivity contribution in [3.05, 3.63) is 29.8 Å². The standard InChI is InChI=1S/C18H25NO3S/c1-13-8-10-15(11-9-13)19-17(20)12-23-14(2)18(21)22-16-6-4-3-5-7-16/h8-11,14,16H,3-7,12H2,1-2H3,(H,19,20). The molecule has 5 heteroatoms. The van der Waals surface area contributed by atoms with Crippen LogP contribution >= 0.6 is 11.8 Å². The lowest BCUT2D eigenvalue weighted by atomic mass is 9.98. The Morgan fingerprint density at radius 2 is 1.87 bits per heavy atom. The van der Waals surface area contributed by atoms with Gasteiger partial charge in [0.15, 0.2) is 0 Å². The van der Waals surface area contributed by atoms with Crippen molar-refractivity contribution in [3.8, 4) is 0 Å². The maximum Gasteiger partial charge on any atom is 0.319 e. The number of hydrogen-bond acceptors (Lipinski definition) is 4. The number of benzene rings is 1. The number of thioether (sulfide) groups is 1. The second kappa shape index (κ2) is 8.96. The van der Waals surface area contributed by atoms with Crippen molar-refractivity contribution in [2.24, 2.45) is 0 Å². The number of aryl methyl sites for hydroxylation is 1. The predicted octanol–water partition coefficient (Wildman–Crippen LogP) is 3.93. The van der Waals surface area contributed by atoms with Crippen molar-refractivity contribution in [1.82, 2.24) is 0 Å². The van der Waals surface area contributed by atoms with Crippen LogP contribution in [0.5, 0.6) is 0 Å². The van der Waals surface area contributed by atoms with Gasteiger partial charge < -0.3 is 10.1 Å². The van der Waals surface area contributed by atoms with Gasteiger partial charge >= 0.3 is 5.97 Å². The fourth-order valence-corrected chi connectivity index (χ4v) is 3.21. The number of esters is 1. The molecule has 0 radical (unpaired) electrons. The van der Waals surface area contributed by atoms with Crippen LogP contribution in [0.3, 0.4) is 0 Å². The van der Waals surface area contributed by atoms with E-state index in [-0.39, 0.29) is 29.0 Å². The first-order chi connectivity index (χ1) is 11.0. The molecule has 0 heterocycles. The number of anilines is 1. The molecule has 4 nitrogen and oxygen atoms in total. The Labute approximate surface area is 142 Å². The zero-order valence-electron chi connectivity index (χ0n) is 13.8. The number of nitrogens with one attached hydrogen (secondary N) is 1. The van der Waals surface area contributed by atoms with Crippen LogP contribution in [0.15, 0.2) is 24.3 Å². The van der Waals surface area contributed by atoms with Crippen LogP contribution in [0.25, 0.3) is 0 Å². The summed E-state index contributed by atoms with van der Waals surface area (Å²) in [5.41, 5.74) is 1.93. The van der Waals surface area contributed by atoms with Gasteiger partial charge in [0, 0.05) is 5.69 Å². The molecule has 1 aliphatic carbocycles. The highest BCUT2D eigenvalue weighted by Gasteiger charge is 2.22. The van der Waals surface area contributed by atoms with Crippen LogP contribution in [-0.2, 0) is 14.3 Å². The lowest BCUT2D eigenvalue weighted by Gasteiger charge is -2.23. The van der Waals surface area contributed by atoms with Gasteiger partial charge in [0.05, 0.1) is 5.75 Å². The monoisotopic (exact) mass is 335 g/mol. The molecule has 0 aromatic heterocycles. The van der Waals surface area contributed by atoms with Crippen LogP contribution in [0.4, 0.5) is 5.69 Å². The van der Waals surface area contributed by atoms with Crippen LogP contribution in [0.2, 0.25) is 0 Å². The SMILES string of the molecule is Cc1ccc(NC(=O)CSC(C)C(=O)OC2CCCCC2)cc1. The van der Waals surface area contributed by atoms with E-state index in [4.69, 9.17) is 4.74 Å². The summed E-state index contributed by atoms with van der Waals surface area (Å²) in [5, 5.41) is 2.51. The van der Waals surface area contributed by atoms with Gasteiger partial charge in [-0.1, -0.05) is 24.1 Å². The van der Waals surface area contributed by atoms with Crippen LogP contribution in [0, 0.1) is 6.92 Å². The molecule has 1 N–H and O–H groups in total. The maximum atomic E-state index is 12.0. The van der Waals surface area contributed by atoms with Gasteiger partial charge in [-0.3, -0.25) is 9.59 Å². The van der Waals surface area contributed by atoms with Gasteiger partial charge in [0.2, 0.25) is 5.91 Å². The second-order valence-electron chi connectivity index (χ2n) is 6.06. The number of rotatable bonds is 6. The van der Waals surface area contributed by atoms with Gasteiger partial charge in [-0.15, -0.1) is 11.8 Å². The molecule has 2 rings (SSSR count). The zero-order chi connectivity index (χ0) is 16.7. The third-order valence-electron chi connectivity index (χ3n) is 3.97. The van der Waals surface area contributed by atoms with Crippen molar-refractivity contribution in [1.29, 1.82) is 0 Å². The highest BCUT2D eigenvalue weighted by Crippen LogP contribution is 2.22. The summed E-state index contributed by atoms with van der Waals surface area (Å²) in [4.78, 5) is 24.0. The maximum absolute atomic E-state index is 12.0. The minimum Gasteiger partial charge on any atom is -0.462 e. The van der Waals surface area contributed by atoms with Crippen molar-refractivity contribution < 1.29 is 14.3 Å². The van der Waals surface area contributed by atoms with Crippen LogP contribution < -0.4 is 5.32 Å². The van der Waals surface area contributed by atoms with Gasteiger partial charge in [0.25, 0.3) is 0 Å². The molecule has 1 unspecified atom stereocenters. The minimum absolute atomic E-state index is 0.0701. The van der Waals surface area contributed by atoms with Crippen molar-refractivity contribution in [2.75, 3.05) is 11.1 Å². The van der Waals surface area contributed by atoms with E-state index in [1.54, 1.807) is 6.92 Å². The van der Waals surface area contributed by atoms with Crippen molar-refractivity contribution in [3.63, 3.8) is 0 Å². The third-order valence-corrected chi connectivity index (χ3v) is 5.09. The molecule has 1 aromatic carbocycles. The summed E-state index contributed by atoms with van der Waals surface area (Å²) in [7, 11) is 0. The van der Waals surface area contributed by atoms with Gasteiger partial charge in [0.1, 0.15) is 11.4 Å². The lowest BCUT2D eigenvalue weighted by molar-refractivity contribution is -0.149. The molecule has 1 amide bonds. The molecule has 1 aromatic rings. The fraction of sp³-hybridized carbons (Fsp3) is 0.556. The highest BCUT2D eigenvalue weighted by molar-refractivity contribution is 8.01. The smallest absolute Gasteiger partial charge is 0.319 e. The summed E-state index contributed by atoms with van der Waals surface area (Å²) in [5.74, 6) is -0.0596. The van der Waals surface area contributed by atoms with E-state index < -0.39 is 0 Å². The van der Waals surface area contributed by atoms with Gasteiger partial charge in [-0.2, -0.15) is 0 Å². The first kappa shape index (κ1) is 17.9. The molecule has 0 spiro atoms. The molecule has 1 atom stereocenters. The van der Waals surface area contributed by atoms with E-state index in [2.05, 4.69) is 5.32 Å². The van der Waals surface area contributed by atoms with E-state index in [0.29, 0.717) is 0 Å². The van der Waals surface area contributed by atoms with Crippen LogP contribution in [-0.4, -0.2) is 29.0 Å². The van der Waals surface area contributed by atoms with Gasteiger partial charge in [-0.05, 0) is 51.7 Å². The average Bonchev–Trinajstić information content (AvgIpc) is 2.55. The molecular weight excluding hydrogens is 310 g/mol. The molecule has 1 saturated carbocycles. The Morgan fingerprint density at radius 1 is 1.22 bits per heavy atom. The zero-order valence-corrected chi connectivity index (χ0v) is 14.7. The fourth-order valence-electron chi connectivity index (χ4n) is 2.55. The number of carbonyl (C=O) groups is 2. The highest BCUT2D eigenvalue weighted by atomic mass is 32.2. The second-order valence-corrected chi connectivity index (χ2v) is 7.39. The van der Waals surface area contributed by atoms with Crippen molar-refractivity contribution in [2.45, 2.75) is 57.3 Å². The number of ether oxygens (including phenoxy) is 1. The average molecular weight is 335 g/mol.